The molecule has 8 unspecified atom stereocenters. The molecule has 0 bridgehead atoms. The highest BCUT2D eigenvalue weighted by Gasteiger charge is 2.55. The molecule has 8 atom stereocenters. The summed E-state index contributed by atoms with van der Waals surface area (Å²) >= 11 is 0. The third kappa shape index (κ3) is 2.30. The van der Waals surface area contributed by atoms with Gasteiger partial charge >= 0.3 is 7.82 Å². The largest absolute Gasteiger partial charge is 0.472 e. The van der Waals surface area contributed by atoms with Gasteiger partial charge in [0.05, 0.1) is 19.1 Å². The Morgan fingerprint density at radius 3 is 3.09 bits per heavy atom. The highest BCUT2D eigenvalue weighted by molar-refractivity contribution is 7.47. The molecule has 4 heterocycles. The lowest BCUT2D eigenvalue weighted by atomic mass is 10.1. The lowest BCUT2D eigenvalue weighted by Gasteiger charge is -2.39. The first kappa shape index (κ1) is 14.9. The molecule has 0 spiro atoms. The van der Waals surface area contributed by atoms with E-state index in [1.807, 2.05) is 0 Å². The molecule has 4 rings (SSSR count). The molecule has 3 fully saturated rings. The van der Waals surface area contributed by atoms with Crippen LogP contribution in [0.5, 0.6) is 0 Å². The molecule has 12 heteroatoms. The lowest BCUT2D eigenvalue weighted by molar-refractivity contribution is -0.0906. The van der Waals surface area contributed by atoms with Crippen molar-refractivity contribution >= 4 is 14.2 Å². The number of aliphatic imine (C=N–C) groups is 1. The summed E-state index contributed by atoms with van der Waals surface area (Å²) < 4.78 is 26.9. The maximum absolute atomic E-state index is 11.5. The first-order valence-corrected chi connectivity index (χ1v) is 8.48. The maximum atomic E-state index is 11.5. The van der Waals surface area contributed by atoms with Crippen molar-refractivity contribution in [1.29, 1.82) is 0 Å². The number of nitrogens with zero attached hydrogens (tertiary/aromatic N) is 2. The second kappa shape index (κ2) is 5.20. The predicted octanol–water partition coefficient (Wildman–Crippen LogP) is -2.94. The van der Waals surface area contributed by atoms with Crippen LogP contribution in [0.15, 0.2) is 4.99 Å². The summed E-state index contributed by atoms with van der Waals surface area (Å²) in [7, 11) is -4.13. The van der Waals surface area contributed by atoms with E-state index in [-0.39, 0.29) is 25.0 Å². The number of aliphatic hydroxyl groups is 1. The molecule has 3 saturated heterocycles. The van der Waals surface area contributed by atoms with Crippen LogP contribution in [-0.4, -0.2) is 77.4 Å². The monoisotopic (exact) mass is 335 g/mol. The van der Waals surface area contributed by atoms with Crippen molar-refractivity contribution in [1.82, 2.24) is 15.5 Å². The number of hydrogen-bond donors (Lipinski definition) is 5. The van der Waals surface area contributed by atoms with E-state index in [9.17, 15) is 14.6 Å². The number of nitrogens with two attached hydrogens (primary N) is 1. The van der Waals surface area contributed by atoms with E-state index in [2.05, 4.69) is 15.6 Å². The quantitative estimate of drug-likeness (QED) is 0.315. The summed E-state index contributed by atoms with van der Waals surface area (Å²) in [6.07, 6.45) is -2.35. The normalized spacial score (nSPS) is 54.3. The van der Waals surface area contributed by atoms with Gasteiger partial charge in [-0.25, -0.2) is 4.57 Å². The molecular formula is C10H18N5O6P. The van der Waals surface area contributed by atoms with Gasteiger partial charge in [-0.2, -0.15) is 0 Å². The number of nitrogens with one attached hydrogen (secondary N) is 2. The van der Waals surface area contributed by atoms with Gasteiger partial charge < -0.3 is 25.4 Å². The van der Waals surface area contributed by atoms with Gasteiger partial charge in [-0.05, 0) is 0 Å². The fourth-order valence-electron chi connectivity index (χ4n) is 3.21. The molecule has 0 aromatic heterocycles. The van der Waals surface area contributed by atoms with Crippen molar-refractivity contribution in [2.24, 2.45) is 10.7 Å². The zero-order valence-electron chi connectivity index (χ0n) is 11.5. The van der Waals surface area contributed by atoms with Gasteiger partial charge in [-0.3, -0.25) is 24.7 Å². The SMILES string of the molecule is NC1NCNC2C1N=CN2C1OC2COP(=O)(O)OC2C1O. The molecular weight excluding hydrogens is 317 g/mol. The number of phosphoric acid groups is 1. The van der Waals surface area contributed by atoms with Crippen LogP contribution in [-0.2, 0) is 18.3 Å². The van der Waals surface area contributed by atoms with Crippen LogP contribution in [0.2, 0.25) is 0 Å². The minimum Gasteiger partial charge on any atom is -0.386 e. The summed E-state index contributed by atoms with van der Waals surface area (Å²) in [5, 5.41) is 16.7. The molecule has 0 aromatic rings. The van der Waals surface area contributed by atoms with Crippen LogP contribution in [0, 0.1) is 0 Å². The Labute approximate surface area is 126 Å². The summed E-state index contributed by atoms with van der Waals surface area (Å²) in [6, 6.07) is -0.215. The van der Waals surface area contributed by atoms with Crippen LogP contribution in [0.25, 0.3) is 0 Å². The van der Waals surface area contributed by atoms with Crippen LogP contribution in [0.1, 0.15) is 0 Å². The Bertz CT molecular complexity index is 536. The minimum absolute atomic E-state index is 0.112. The molecule has 0 radical (unpaired) electrons. The smallest absolute Gasteiger partial charge is 0.386 e. The van der Waals surface area contributed by atoms with Crippen molar-refractivity contribution in [2.75, 3.05) is 13.3 Å². The van der Waals surface area contributed by atoms with Gasteiger partial charge in [-0.1, -0.05) is 0 Å². The van der Waals surface area contributed by atoms with Crippen LogP contribution < -0.4 is 16.4 Å². The molecule has 0 saturated carbocycles. The molecule has 22 heavy (non-hydrogen) atoms. The minimum atomic E-state index is -4.13. The zero-order valence-corrected chi connectivity index (χ0v) is 12.4. The number of phosphoric ester groups is 1. The van der Waals surface area contributed by atoms with Gasteiger partial charge in [0.25, 0.3) is 0 Å². The fourth-order valence-corrected chi connectivity index (χ4v) is 4.17. The van der Waals surface area contributed by atoms with Gasteiger partial charge in [-0.15, -0.1) is 0 Å². The van der Waals surface area contributed by atoms with E-state index in [0.29, 0.717) is 6.67 Å². The molecule has 0 aromatic carbocycles. The lowest BCUT2D eigenvalue weighted by Crippen LogP contribution is -2.67. The maximum Gasteiger partial charge on any atom is 0.472 e. The Balaban J connectivity index is 1.52. The number of fused-ring (bicyclic) bond motifs is 2. The van der Waals surface area contributed by atoms with Crippen molar-refractivity contribution < 1.29 is 28.3 Å². The summed E-state index contributed by atoms with van der Waals surface area (Å²) in [6.45, 7) is 0.392. The third-order valence-electron chi connectivity index (χ3n) is 4.29. The van der Waals surface area contributed by atoms with Gasteiger partial charge in [0.1, 0.15) is 30.5 Å². The molecule has 6 N–H and O–H groups in total. The standard InChI is InChI=1S/C10H18N5O6P/c11-8-5-9(13-2-12-8)15(3-14-5)10-6(16)7-4(20-10)1-19-22(17,18)21-7/h3-10,12-13,16H,1-2,11H2,(H,17,18). The van der Waals surface area contributed by atoms with E-state index < -0.39 is 32.4 Å². The van der Waals surface area contributed by atoms with Gasteiger partial charge in [0, 0.05) is 6.67 Å². The Kier molecular flexibility index (Phi) is 3.53. The zero-order chi connectivity index (χ0) is 15.5. The first-order chi connectivity index (χ1) is 10.5. The fraction of sp³-hybridized carbons (Fsp3) is 0.900. The Morgan fingerprint density at radius 2 is 2.27 bits per heavy atom. The van der Waals surface area contributed by atoms with Crippen molar-refractivity contribution in [2.45, 2.75) is 42.9 Å². The first-order valence-electron chi connectivity index (χ1n) is 6.99. The highest BCUT2D eigenvalue weighted by atomic mass is 31.2. The van der Waals surface area contributed by atoms with E-state index >= 15 is 0 Å². The Morgan fingerprint density at radius 1 is 1.45 bits per heavy atom. The predicted molar refractivity (Wildman–Crippen MR) is 72.3 cm³/mol. The van der Waals surface area contributed by atoms with Crippen LogP contribution in [0.3, 0.4) is 0 Å². The Hall–Kier alpha value is -0.620. The molecule has 0 aliphatic carbocycles. The molecule has 4 aliphatic heterocycles. The molecule has 124 valence electrons. The average Bonchev–Trinajstić information content (AvgIpc) is 3.01. The van der Waals surface area contributed by atoms with E-state index in [0.717, 1.165) is 0 Å². The van der Waals surface area contributed by atoms with Crippen molar-refractivity contribution in [3.8, 4) is 0 Å². The number of hydrogen-bond acceptors (Lipinski definition) is 10. The third-order valence-corrected chi connectivity index (χ3v) is 5.28. The van der Waals surface area contributed by atoms with Gasteiger partial charge in [0.2, 0.25) is 0 Å². The van der Waals surface area contributed by atoms with E-state index in [4.69, 9.17) is 19.5 Å². The highest BCUT2D eigenvalue weighted by Crippen LogP contribution is 2.51. The second-order valence-corrected chi connectivity index (χ2v) is 7.05. The second-order valence-electron chi connectivity index (χ2n) is 5.65. The van der Waals surface area contributed by atoms with Crippen LogP contribution >= 0.6 is 7.82 Å². The van der Waals surface area contributed by atoms with E-state index in [1.54, 1.807) is 11.2 Å². The van der Waals surface area contributed by atoms with Crippen molar-refractivity contribution in [3.05, 3.63) is 0 Å². The summed E-state index contributed by atoms with van der Waals surface area (Å²) in [4.78, 5) is 15.4. The number of ether oxygens (including phenoxy) is 1. The topological polar surface area (TPSA) is 151 Å². The van der Waals surface area contributed by atoms with E-state index in [1.165, 1.54) is 0 Å². The molecule has 11 nitrogen and oxygen atoms in total. The van der Waals surface area contributed by atoms with Crippen LogP contribution in [0.4, 0.5) is 0 Å². The number of rotatable bonds is 1. The molecule has 4 aliphatic rings. The number of aliphatic hydroxyl groups excluding tert-OH is 1. The summed E-state index contributed by atoms with van der Waals surface area (Å²) in [5.74, 6) is 0. The average molecular weight is 335 g/mol. The molecule has 0 amide bonds. The van der Waals surface area contributed by atoms with Crippen molar-refractivity contribution in [3.63, 3.8) is 0 Å². The van der Waals surface area contributed by atoms with Gasteiger partial charge in [0.15, 0.2) is 6.23 Å². The summed E-state index contributed by atoms with van der Waals surface area (Å²) in [5.41, 5.74) is 5.96.